The van der Waals surface area contributed by atoms with Crippen LogP contribution in [0.5, 0.6) is 0 Å². The van der Waals surface area contributed by atoms with Gasteiger partial charge in [-0.1, -0.05) is 78.9 Å². The van der Waals surface area contributed by atoms with Gasteiger partial charge in [0.2, 0.25) is 5.91 Å². The second kappa shape index (κ2) is 11.4. The molecule has 0 radical (unpaired) electrons. The Morgan fingerprint density at radius 1 is 0.974 bits per heavy atom. The molecular formula is C31H32N2O6. The molecule has 0 fully saturated rings. The van der Waals surface area contributed by atoms with Crippen molar-refractivity contribution in [3.63, 3.8) is 0 Å². The normalized spacial score (nSPS) is 27.1. The Bertz CT molecular complexity index is 1320. The molecule has 39 heavy (non-hydrogen) atoms. The van der Waals surface area contributed by atoms with E-state index in [-0.39, 0.29) is 23.6 Å². The second-order valence-electron chi connectivity index (χ2n) is 9.79. The predicted molar refractivity (Wildman–Crippen MR) is 144 cm³/mol. The molecule has 2 aromatic carbocycles. The number of hydrogen-bond acceptors (Lipinski definition) is 7. The van der Waals surface area contributed by atoms with Crippen molar-refractivity contribution >= 4 is 17.8 Å². The highest BCUT2D eigenvalue weighted by atomic mass is 16.6. The third kappa shape index (κ3) is 5.05. The van der Waals surface area contributed by atoms with E-state index in [4.69, 9.17) is 14.2 Å². The van der Waals surface area contributed by atoms with Gasteiger partial charge in [-0.2, -0.15) is 0 Å². The van der Waals surface area contributed by atoms with E-state index in [1.807, 2.05) is 72.8 Å². The van der Waals surface area contributed by atoms with Gasteiger partial charge >= 0.3 is 11.9 Å². The minimum Gasteiger partial charge on any atom is -0.466 e. The fourth-order valence-electron chi connectivity index (χ4n) is 5.70. The van der Waals surface area contributed by atoms with E-state index < -0.39 is 35.7 Å². The average Bonchev–Trinajstić information content (AvgIpc) is 3.56. The number of carbonyl (C=O) groups excluding carboxylic acids is 3. The van der Waals surface area contributed by atoms with E-state index in [1.165, 1.54) is 14.2 Å². The van der Waals surface area contributed by atoms with Crippen molar-refractivity contribution < 1.29 is 28.6 Å². The van der Waals surface area contributed by atoms with Crippen LogP contribution in [0.25, 0.3) is 0 Å². The summed E-state index contributed by atoms with van der Waals surface area (Å²) in [5.74, 6) is -1.46. The number of rotatable bonds is 7. The molecule has 0 aliphatic carbocycles. The molecular weight excluding hydrogens is 496 g/mol. The van der Waals surface area contributed by atoms with Crippen molar-refractivity contribution in [2.45, 2.75) is 43.2 Å². The molecule has 0 aromatic heterocycles. The highest BCUT2D eigenvalue weighted by Gasteiger charge is 2.60. The Hall–Kier alpha value is -4.01. The Kier molecular flexibility index (Phi) is 7.77. The number of hydrogen-bond donors (Lipinski definition) is 1. The van der Waals surface area contributed by atoms with Gasteiger partial charge in [0.25, 0.3) is 0 Å². The van der Waals surface area contributed by atoms with Gasteiger partial charge in [0.05, 0.1) is 37.4 Å². The summed E-state index contributed by atoms with van der Waals surface area (Å²) in [7, 11) is 2.53. The number of nitrogens with one attached hydrogen (secondary N) is 1. The number of esters is 2. The van der Waals surface area contributed by atoms with Crippen LogP contribution in [-0.4, -0.2) is 67.3 Å². The van der Waals surface area contributed by atoms with E-state index in [0.717, 1.165) is 11.1 Å². The first-order valence-electron chi connectivity index (χ1n) is 13.0. The third-order valence-corrected chi connectivity index (χ3v) is 7.52. The zero-order chi connectivity index (χ0) is 27.4. The topological polar surface area (TPSA) is 94.2 Å². The van der Waals surface area contributed by atoms with Crippen LogP contribution in [0.3, 0.4) is 0 Å². The fraction of sp³-hybridized carbons (Fsp3) is 0.323. The number of benzene rings is 2. The van der Waals surface area contributed by atoms with Crippen molar-refractivity contribution in [1.82, 2.24) is 10.2 Å². The summed E-state index contributed by atoms with van der Waals surface area (Å²) < 4.78 is 16.6. The van der Waals surface area contributed by atoms with Crippen LogP contribution in [0.4, 0.5) is 0 Å². The first kappa shape index (κ1) is 26.6. The van der Waals surface area contributed by atoms with Gasteiger partial charge < -0.3 is 24.4 Å². The molecule has 8 nitrogen and oxygen atoms in total. The van der Waals surface area contributed by atoms with Crippen LogP contribution < -0.4 is 5.32 Å². The van der Waals surface area contributed by atoms with Crippen LogP contribution in [0.1, 0.15) is 17.5 Å². The predicted octanol–water partition coefficient (Wildman–Crippen LogP) is 2.89. The zero-order valence-corrected chi connectivity index (χ0v) is 22.0. The molecule has 2 aromatic rings. The van der Waals surface area contributed by atoms with E-state index in [9.17, 15) is 14.4 Å². The molecule has 3 heterocycles. The smallest absolute Gasteiger partial charge is 0.337 e. The Morgan fingerprint density at radius 2 is 1.64 bits per heavy atom. The number of fused-ring (bicyclic) bond motifs is 2. The maximum absolute atomic E-state index is 14.4. The minimum atomic E-state index is -1.38. The lowest BCUT2D eigenvalue weighted by Crippen LogP contribution is -2.58. The third-order valence-electron chi connectivity index (χ3n) is 7.52. The first-order chi connectivity index (χ1) is 19.0. The highest BCUT2D eigenvalue weighted by Crippen LogP contribution is 2.48. The summed E-state index contributed by atoms with van der Waals surface area (Å²) in [6, 6.07) is 18.4. The molecule has 5 rings (SSSR count). The lowest BCUT2D eigenvalue weighted by atomic mass is 9.79. The van der Waals surface area contributed by atoms with Crippen molar-refractivity contribution in [2.75, 3.05) is 20.8 Å². The molecule has 0 unspecified atom stereocenters. The van der Waals surface area contributed by atoms with Gasteiger partial charge in [0.15, 0.2) is 0 Å². The summed E-state index contributed by atoms with van der Waals surface area (Å²) in [4.78, 5) is 42.3. The summed E-state index contributed by atoms with van der Waals surface area (Å²) in [5.41, 5.74) is 0.781. The molecule has 0 spiro atoms. The number of nitrogens with zero attached hydrogens (tertiary/aromatic N) is 1. The zero-order valence-electron chi connectivity index (χ0n) is 22.0. The van der Waals surface area contributed by atoms with Crippen LogP contribution in [-0.2, 0) is 41.6 Å². The lowest BCUT2D eigenvalue weighted by Gasteiger charge is -2.42. The summed E-state index contributed by atoms with van der Waals surface area (Å²) >= 11 is 0. The Balaban J connectivity index is 1.62. The van der Waals surface area contributed by atoms with Crippen molar-refractivity contribution in [3.8, 4) is 0 Å². The number of carbonyl (C=O) groups is 3. The first-order valence-corrected chi connectivity index (χ1v) is 13.0. The van der Waals surface area contributed by atoms with Gasteiger partial charge in [-0.15, -0.1) is 0 Å². The quantitative estimate of drug-likeness (QED) is 0.436. The molecule has 1 N–H and O–H groups in total. The van der Waals surface area contributed by atoms with E-state index in [1.54, 1.807) is 17.1 Å². The van der Waals surface area contributed by atoms with Gasteiger partial charge in [-0.25, -0.2) is 9.59 Å². The van der Waals surface area contributed by atoms with Gasteiger partial charge in [-0.05, 0) is 30.0 Å². The molecule has 1 amide bonds. The maximum Gasteiger partial charge on any atom is 0.337 e. The lowest BCUT2D eigenvalue weighted by molar-refractivity contribution is -0.146. The van der Waals surface area contributed by atoms with Gasteiger partial charge in [-0.3, -0.25) is 4.79 Å². The van der Waals surface area contributed by atoms with Crippen molar-refractivity contribution in [3.05, 3.63) is 107 Å². The monoisotopic (exact) mass is 528 g/mol. The van der Waals surface area contributed by atoms with E-state index in [2.05, 4.69) is 5.32 Å². The Labute approximate surface area is 227 Å². The Morgan fingerprint density at radius 3 is 2.31 bits per heavy atom. The maximum atomic E-state index is 14.4. The minimum absolute atomic E-state index is 0.0837. The van der Waals surface area contributed by atoms with Gasteiger partial charge in [0, 0.05) is 13.1 Å². The molecule has 0 saturated carbocycles. The van der Waals surface area contributed by atoms with Crippen molar-refractivity contribution in [2.24, 2.45) is 0 Å². The number of ether oxygens (including phenoxy) is 3. The highest BCUT2D eigenvalue weighted by molar-refractivity contribution is 6.05. The molecule has 0 saturated heterocycles. The molecule has 3 aliphatic heterocycles. The molecule has 8 heteroatoms. The standard InChI is InChI=1S/C31H32N2O6/c1-37-29(35)26-24-16-17-31(39-24,27(26)30(36)38-2)25-15-9-10-18-32-23(19-21-11-5-3-6-12-21)28(34)33(25)20-22-13-7-4-8-14-22/h3-14,16-17,23-25,32H,15,18-20H2,1-2H3/b10-9-/t23-,24+,25-,31+/m0/s1. The summed E-state index contributed by atoms with van der Waals surface area (Å²) in [6.07, 6.45) is 7.62. The molecule has 4 atom stereocenters. The van der Waals surface area contributed by atoms with Crippen LogP contribution in [0.15, 0.2) is 96.1 Å². The fourth-order valence-corrected chi connectivity index (χ4v) is 5.70. The van der Waals surface area contributed by atoms with Crippen molar-refractivity contribution in [1.29, 1.82) is 0 Å². The van der Waals surface area contributed by atoms with Crippen LogP contribution in [0.2, 0.25) is 0 Å². The van der Waals surface area contributed by atoms with Crippen LogP contribution >= 0.6 is 0 Å². The number of methoxy groups -OCH3 is 2. The average molecular weight is 529 g/mol. The summed E-state index contributed by atoms with van der Waals surface area (Å²) in [5, 5.41) is 3.39. The molecule has 202 valence electrons. The SMILES string of the molecule is COC(=O)C1=C(C(=O)OC)[C@]2([C@@H]3C/C=C\CN[C@@H](Cc4ccccc4)C(=O)N3Cc3ccccc3)C=C[C@H]1O2. The summed E-state index contributed by atoms with van der Waals surface area (Å²) in [6.45, 7) is 0.797. The number of amides is 1. The van der Waals surface area contributed by atoms with E-state index >= 15 is 0 Å². The molecule has 2 bridgehead atoms. The second-order valence-corrected chi connectivity index (χ2v) is 9.79. The van der Waals surface area contributed by atoms with Gasteiger partial charge in [0.1, 0.15) is 11.7 Å². The molecule has 3 aliphatic rings. The largest absolute Gasteiger partial charge is 0.466 e. The van der Waals surface area contributed by atoms with E-state index in [0.29, 0.717) is 19.4 Å². The van der Waals surface area contributed by atoms with Crippen LogP contribution in [0, 0.1) is 0 Å².